The number of ether oxygens (including phenoxy) is 2. The Labute approximate surface area is 129 Å². The molecule has 0 atom stereocenters. The van der Waals surface area contributed by atoms with Crippen molar-refractivity contribution in [3.63, 3.8) is 0 Å². The summed E-state index contributed by atoms with van der Waals surface area (Å²) in [5, 5.41) is 3.94. The number of rotatable bonds is 2. The summed E-state index contributed by atoms with van der Waals surface area (Å²) in [6.07, 6.45) is 2.33. The van der Waals surface area contributed by atoms with Crippen molar-refractivity contribution in [2.24, 2.45) is 11.1 Å². The minimum absolute atomic E-state index is 0.213. The molecule has 0 amide bonds. The zero-order chi connectivity index (χ0) is 14.4. The number of fused-ring (bicyclic) bond motifs is 1. The van der Waals surface area contributed by atoms with Crippen LogP contribution in [0.25, 0.3) is 11.4 Å². The van der Waals surface area contributed by atoms with Crippen LogP contribution in [0.5, 0.6) is 11.5 Å². The zero-order valence-electron chi connectivity index (χ0n) is 11.3. The second-order valence-corrected chi connectivity index (χ2v) is 6.43. The standard InChI is InChI=1S/C14H14BrN3O3/c15-9-4-11-10(19-6-14(1-2-14)7-20-11)3-8(9)13-17-12(5-16)21-18-13/h3-4H,1-2,5-7,16H2. The van der Waals surface area contributed by atoms with Crippen LogP contribution in [0.15, 0.2) is 21.1 Å². The van der Waals surface area contributed by atoms with Crippen LogP contribution >= 0.6 is 15.9 Å². The van der Waals surface area contributed by atoms with E-state index in [-0.39, 0.29) is 12.0 Å². The molecule has 0 saturated heterocycles. The first-order chi connectivity index (χ1) is 10.2. The first-order valence-corrected chi connectivity index (χ1v) is 7.61. The van der Waals surface area contributed by atoms with Gasteiger partial charge >= 0.3 is 0 Å². The maximum atomic E-state index is 5.92. The Kier molecular flexibility index (Phi) is 2.93. The minimum Gasteiger partial charge on any atom is -0.489 e. The normalized spacial score (nSPS) is 18.6. The Balaban J connectivity index is 1.71. The van der Waals surface area contributed by atoms with Crippen LogP contribution in [0, 0.1) is 5.41 Å². The molecule has 2 aromatic rings. The van der Waals surface area contributed by atoms with Crippen LogP contribution in [0.4, 0.5) is 0 Å². The third-order valence-electron chi connectivity index (χ3n) is 3.94. The van der Waals surface area contributed by atoms with Crippen molar-refractivity contribution < 1.29 is 14.0 Å². The van der Waals surface area contributed by atoms with Gasteiger partial charge in [0.25, 0.3) is 0 Å². The van der Waals surface area contributed by atoms with Crippen molar-refractivity contribution in [2.45, 2.75) is 19.4 Å². The molecule has 110 valence electrons. The van der Waals surface area contributed by atoms with Crippen LogP contribution in [0.2, 0.25) is 0 Å². The van der Waals surface area contributed by atoms with E-state index in [0.717, 1.165) is 21.5 Å². The number of halogens is 1. The fraction of sp³-hybridized carbons (Fsp3) is 0.429. The molecule has 1 aliphatic carbocycles. The van der Waals surface area contributed by atoms with Gasteiger partial charge in [-0.1, -0.05) is 5.16 Å². The molecular weight excluding hydrogens is 338 g/mol. The molecule has 0 bridgehead atoms. The molecule has 1 spiro atoms. The first-order valence-electron chi connectivity index (χ1n) is 6.81. The Morgan fingerprint density at radius 3 is 2.52 bits per heavy atom. The number of nitrogens with zero attached hydrogens (tertiary/aromatic N) is 2. The Bertz CT molecular complexity index is 697. The smallest absolute Gasteiger partial charge is 0.240 e. The van der Waals surface area contributed by atoms with E-state index < -0.39 is 0 Å². The minimum atomic E-state index is 0.213. The average Bonchev–Trinajstić information content (AvgIpc) is 3.15. The van der Waals surface area contributed by atoms with Gasteiger partial charge in [-0.3, -0.25) is 0 Å². The van der Waals surface area contributed by atoms with Gasteiger partial charge in [-0.25, -0.2) is 0 Å². The van der Waals surface area contributed by atoms with E-state index >= 15 is 0 Å². The summed E-state index contributed by atoms with van der Waals surface area (Å²) >= 11 is 3.52. The summed E-state index contributed by atoms with van der Waals surface area (Å²) in [5.41, 5.74) is 6.51. The predicted molar refractivity (Wildman–Crippen MR) is 78.0 cm³/mol. The lowest BCUT2D eigenvalue weighted by molar-refractivity contribution is 0.197. The highest BCUT2D eigenvalue weighted by Gasteiger charge is 2.46. The summed E-state index contributed by atoms with van der Waals surface area (Å²) < 4.78 is 17.7. The molecule has 1 aliphatic heterocycles. The molecule has 1 aromatic heterocycles. The van der Waals surface area contributed by atoms with Crippen molar-refractivity contribution in [3.8, 4) is 22.9 Å². The van der Waals surface area contributed by atoms with Gasteiger partial charge in [0, 0.05) is 15.5 Å². The molecule has 1 fully saturated rings. The molecule has 7 heteroatoms. The zero-order valence-corrected chi connectivity index (χ0v) is 12.9. The maximum absolute atomic E-state index is 5.92. The number of nitrogens with two attached hydrogens (primary N) is 1. The lowest BCUT2D eigenvalue weighted by atomic mass is 10.1. The lowest BCUT2D eigenvalue weighted by Gasteiger charge is -2.09. The van der Waals surface area contributed by atoms with Gasteiger partial charge in [-0.05, 0) is 40.9 Å². The second kappa shape index (κ2) is 4.71. The van der Waals surface area contributed by atoms with Gasteiger partial charge in [0.05, 0.1) is 19.8 Å². The predicted octanol–water partition coefficient (Wildman–Crippen LogP) is 2.51. The van der Waals surface area contributed by atoms with Crippen LogP contribution in [0.3, 0.4) is 0 Å². The van der Waals surface area contributed by atoms with E-state index in [2.05, 4.69) is 26.1 Å². The highest BCUT2D eigenvalue weighted by Crippen LogP contribution is 2.50. The van der Waals surface area contributed by atoms with Gasteiger partial charge in [-0.15, -0.1) is 0 Å². The molecule has 2 aliphatic rings. The van der Waals surface area contributed by atoms with Crippen LogP contribution < -0.4 is 15.2 Å². The quantitative estimate of drug-likeness (QED) is 0.894. The summed E-state index contributed by atoms with van der Waals surface area (Å²) in [5.74, 6) is 2.35. The molecule has 0 unspecified atom stereocenters. The molecule has 1 saturated carbocycles. The Morgan fingerprint density at radius 2 is 1.90 bits per heavy atom. The molecular formula is C14H14BrN3O3. The topological polar surface area (TPSA) is 83.4 Å². The molecule has 21 heavy (non-hydrogen) atoms. The number of hydrogen-bond acceptors (Lipinski definition) is 6. The van der Waals surface area contributed by atoms with Crippen LogP contribution in [-0.2, 0) is 6.54 Å². The summed E-state index contributed by atoms with van der Waals surface area (Å²) in [7, 11) is 0. The van der Waals surface area contributed by atoms with Crippen molar-refractivity contribution in [2.75, 3.05) is 13.2 Å². The van der Waals surface area contributed by atoms with Crippen molar-refractivity contribution in [3.05, 3.63) is 22.5 Å². The van der Waals surface area contributed by atoms with Crippen LogP contribution in [0.1, 0.15) is 18.7 Å². The number of hydrogen-bond donors (Lipinski definition) is 1. The summed E-state index contributed by atoms with van der Waals surface area (Å²) in [4.78, 5) is 4.24. The van der Waals surface area contributed by atoms with E-state index in [9.17, 15) is 0 Å². The van der Waals surface area contributed by atoms with Crippen LogP contribution in [-0.4, -0.2) is 23.4 Å². The van der Waals surface area contributed by atoms with Crippen molar-refractivity contribution in [1.29, 1.82) is 0 Å². The Morgan fingerprint density at radius 1 is 1.19 bits per heavy atom. The van der Waals surface area contributed by atoms with E-state index in [4.69, 9.17) is 19.7 Å². The monoisotopic (exact) mass is 351 g/mol. The molecule has 1 aromatic carbocycles. The van der Waals surface area contributed by atoms with Crippen molar-refractivity contribution >= 4 is 15.9 Å². The maximum Gasteiger partial charge on any atom is 0.240 e. The van der Waals surface area contributed by atoms with Gasteiger partial charge < -0.3 is 19.7 Å². The first kappa shape index (κ1) is 13.1. The largest absolute Gasteiger partial charge is 0.489 e. The van der Waals surface area contributed by atoms with Gasteiger partial charge in [-0.2, -0.15) is 4.98 Å². The summed E-state index contributed by atoms with van der Waals surface area (Å²) in [6, 6.07) is 3.77. The van der Waals surface area contributed by atoms with E-state index in [1.807, 2.05) is 12.1 Å². The highest BCUT2D eigenvalue weighted by molar-refractivity contribution is 9.10. The molecule has 6 nitrogen and oxygen atoms in total. The molecule has 0 radical (unpaired) electrons. The average molecular weight is 352 g/mol. The lowest BCUT2D eigenvalue weighted by Crippen LogP contribution is -2.17. The van der Waals surface area contributed by atoms with Gasteiger partial charge in [0.15, 0.2) is 11.5 Å². The van der Waals surface area contributed by atoms with E-state index in [0.29, 0.717) is 24.9 Å². The van der Waals surface area contributed by atoms with Crippen molar-refractivity contribution in [1.82, 2.24) is 10.1 Å². The third kappa shape index (κ3) is 2.30. The highest BCUT2D eigenvalue weighted by atomic mass is 79.9. The van der Waals surface area contributed by atoms with E-state index in [1.165, 1.54) is 12.8 Å². The Hall–Kier alpha value is -1.60. The van der Waals surface area contributed by atoms with Gasteiger partial charge in [0.1, 0.15) is 0 Å². The SMILES string of the molecule is NCc1nc(-c2cc3c(cc2Br)OCC2(CC2)CO3)no1. The third-order valence-corrected chi connectivity index (χ3v) is 4.60. The van der Waals surface area contributed by atoms with Gasteiger partial charge in [0.2, 0.25) is 11.7 Å². The molecule has 2 N–H and O–H groups in total. The van der Waals surface area contributed by atoms with E-state index in [1.54, 1.807) is 0 Å². The number of benzene rings is 1. The molecule has 4 rings (SSSR count). The number of aromatic nitrogens is 2. The fourth-order valence-corrected chi connectivity index (χ4v) is 2.85. The fourth-order valence-electron chi connectivity index (χ4n) is 2.35. The second-order valence-electron chi connectivity index (χ2n) is 5.57. The summed E-state index contributed by atoms with van der Waals surface area (Å²) in [6.45, 7) is 1.63. The molecule has 2 heterocycles.